The number of hydrogen-bond acceptors (Lipinski definition) is 6. The molecule has 1 aliphatic rings. The Balaban J connectivity index is 1.61. The molecule has 0 atom stereocenters. The van der Waals surface area contributed by atoms with Gasteiger partial charge in [0, 0.05) is 5.69 Å². The molecule has 8 nitrogen and oxygen atoms in total. The van der Waals surface area contributed by atoms with Gasteiger partial charge in [-0.3, -0.25) is 4.72 Å². The zero-order valence-electron chi connectivity index (χ0n) is 14.8. The van der Waals surface area contributed by atoms with E-state index in [2.05, 4.69) is 14.4 Å². The molecule has 0 fully saturated rings. The van der Waals surface area contributed by atoms with Crippen LogP contribution < -0.4 is 10.0 Å². The normalized spacial score (nSPS) is 14.6. The quantitative estimate of drug-likeness (QED) is 0.585. The van der Waals surface area contributed by atoms with Crippen LogP contribution in [0.2, 0.25) is 0 Å². The molecule has 3 N–H and O–H groups in total. The number of hydrogen-bond donors (Lipinski definition) is 3. The number of anilines is 2. The fourth-order valence-electron chi connectivity index (χ4n) is 2.85. The topological polar surface area (TPSA) is 125 Å². The van der Waals surface area contributed by atoms with Gasteiger partial charge < -0.3 is 10.4 Å². The smallest absolute Gasteiger partial charge is 0.285 e. The molecule has 3 aromatic carbocycles. The average Bonchev–Trinajstić information content (AvgIpc) is 2.68. The van der Waals surface area contributed by atoms with Crippen molar-refractivity contribution in [2.75, 3.05) is 10.0 Å². The molecule has 1 heterocycles. The van der Waals surface area contributed by atoms with E-state index >= 15 is 0 Å². The van der Waals surface area contributed by atoms with Gasteiger partial charge in [-0.2, -0.15) is 8.42 Å². The van der Waals surface area contributed by atoms with Crippen molar-refractivity contribution < 1.29 is 21.9 Å². The minimum atomic E-state index is -4.02. The zero-order chi connectivity index (χ0) is 20.6. The van der Waals surface area contributed by atoms with Crippen LogP contribution in [0.25, 0.3) is 11.1 Å². The molecule has 0 spiro atoms. The number of sulfonamides is 2. The lowest BCUT2D eigenvalue weighted by Crippen LogP contribution is -2.16. The summed E-state index contributed by atoms with van der Waals surface area (Å²) in [6.07, 6.45) is 1.04. The molecule has 1 aliphatic heterocycles. The monoisotopic (exact) mass is 429 g/mol. The Morgan fingerprint density at radius 1 is 0.931 bits per heavy atom. The third kappa shape index (κ3) is 3.80. The SMILES string of the molecule is O=S1(=O)N=CNc2ccc(S(=O)(=O)Nc3ccc(-c4cccc(O)c4)cc3)cc21. The standard InChI is InChI=1S/C19H15N3O5S2/c23-16-3-1-2-14(10-16)13-4-6-15(7-5-13)22-28(24,25)17-8-9-18-19(11-17)29(26,27)21-12-20-18/h1-12,22-23H,(H,20,21). The van der Waals surface area contributed by atoms with Gasteiger partial charge in [0.2, 0.25) is 0 Å². The van der Waals surface area contributed by atoms with Crippen LogP contribution in [0.4, 0.5) is 11.4 Å². The van der Waals surface area contributed by atoms with Crippen molar-refractivity contribution in [3.05, 3.63) is 66.7 Å². The van der Waals surface area contributed by atoms with Crippen LogP contribution in [0.15, 0.2) is 80.9 Å². The Kier molecular flexibility index (Phi) is 4.52. The fourth-order valence-corrected chi connectivity index (χ4v) is 5.00. The van der Waals surface area contributed by atoms with E-state index in [0.717, 1.165) is 23.5 Å². The van der Waals surface area contributed by atoms with E-state index in [1.54, 1.807) is 42.5 Å². The summed E-state index contributed by atoms with van der Waals surface area (Å²) in [4.78, 5) is -0.405. The highest BCUT2D eigenvalue weighted by molar-refractivity contribution is 7.93. The van der Waals surface area contributed by atoms with Gasteiger partial charge >= 0.3 is 0 Å². The molecule has 0 aliphatic carbocycles. The molecular formula is C19H15N3O5S2. The first-order valence-corrected chi connectivity index (χ1v) is 11.3. The van der Waals surface area contributed by atoms with Crippen LogP contribution in [0, 0.1) is 0 Å². The molecule has 0 saturated heterocycles. The number of rotatable bonds is 4. The Labute approximate surface area is 167 Å². The summed E-state index contributed by atoms with van der Waals surface area (Å²) in [5, 5.41) is 12.2. The summed E-state index contributed by atoms with van der Waals surface area (Å²) >= 11 is 0. The molecule has 0 unspecified atom stereocenters. The lowest BCUT2D eigenvalue weighted by Gasteiger charge is -2.14. The van der Waals surface area contributed by atoms with E-state index in [1.165, 1.54) is 12.1 Å². The second kappa shape index (κ2) is 6.90. The van der Waals surface area contributed by atoms with Crippen LogP contribution in [-0.4, -0.2) is 28.3 Å². The maximum Gasteiger partial charge on any atom is 0.285 e. The van der Waals surface area contributed by atoms with E-state index in [1.807, 2.05) is 6.07 Å². The number of fused-ring (bicyclic) bond motifs is 1. The molecule has 0 bridgehead atoms. The summed E-state index contributed by atoms with van der Waals surface area (Å²) in [7, 11) is -7.96. The average molecular weight is 429 g/mol. The lowest BCUT2D eigenvalue weighted by molar-refractivity contribution is 0.475. The van der Waals surface area contributed by atoms with Crippen molar-refractivity contribution in [2.24, 2.45) is 4.40 Å². The number of aromatic hydroxyl groups is 1. The minimum Gasteiger partial charge on any atom is -0.508 e. The van der Waals surface area contributed by atoms with E-state index < -0.39 is 20.0 Å². The first-order chi connectivity index (χ1) is 13.7. The van der Waals surface area contributed by atoms with Crippen LogP contribution in [0.1, 0.15) is 0 Å². The van der Waals surface area contributed by atoms with Gasteiger partial charge in [-0.1, -0.05) is 24.3 Å². The van der Waals surface area contributed by atoms with E-state index in [9.17, 15) is 21.9 Å². The number of nitrogens with zero attached hydrogens (tertiary/aromatic N) is 1. The Morgan fingerprint density at radius 2 is 1.69 bits per heavy atom. The molecule has 29 heavy (non-hydrogen) atoms. The van der Waals surface area contributed by atoms with Crippen molar-refractivity contribution >= 4 is 37.8 Å². The number of phenolic OH excluding ortho intramolecular Hbond substituents is 1. The van der Waals surface area contributed by atoms with Gasteiger partial charge in [0.15, 0.2) is 0 Å². The maximum absolute atomic E-state index is 12.7. The highest BCUT2D eigenvalue weighted by atomic mass is 32.2. The maximum atomic E-state index is 12.7. The van der Waals surface area contributed by atoms with Gasteiger partial charge in [0.25, 0.3) is 20.0 Å². The Hall–Kier alpha value is -3.37. The lowest BCUT2D eigenvalue weighted by atomic mass is 10.1. The number of phenols is 1. The summed E-state index contributed by atoms with van der Waals surface area (Å²) in [5.74, 6) is 0.133. The van der Waals surface area contributed by atoms with Gasteiger partial charge in [-0.05, 0) is 53.6 Å². The molecule has 0 radical (unpaired) electrons. The molecule has 0 aromatic heterocycles. The van der Waals surface area contributed by atoms with Crippen molar-refractivity contribution in [2.45, 2.75) is 9.79 Å². The largest absolute Gasteiger partial charge is 0.508 e. The summed E-state index contributed by atoms with van der Waals surface area (Å²) in [5.41, 5.74) is 2.15. The highest BCUT2D eigenvalue weighted by Crippen LogP contribution is 2.30. The fraction of sp³-hybridized carbons (Fsp3) is 0. The van der Waals surface area contributed by atoms with E-state index in [-0.39, 0.29) is 21.2 Å². The highest BCUT2D eigenvalue weighted by Gasteiger charge is 2.24. The van der Waals surface area contributed by atoms with Gasteiger partial charge in [-0.25, -0.2) is 8.42 Å². The van der Waals surface area contributed by atoms with Gasteiger partial charge in [-0.15, -0.1) is 4.40 Å². The van der Waals surface area contributed by atoms with E-state index in [0.29, 0.717) is 5.69 Å². The summed E-state index contributed by atoms with van der Waals surface area (Å²) in [6, 6.07) is 17.0. The van der Waals surface area contributed by atoms with Crippen LogP contribution in [-0.2, 0) is 20.0 Å². The third-order valence-electron chi connectivity index (χ3n) is 4.27. The van der Waals surface area contributed by atoms with Crippen LogP contribution in [0.3, 0.4) is 0 Å². The molecule has 148 valence electrons. The first kappa shape index (κ1) is 19.0. The first-order valence-electron chi connectivity index (χ1n) is 8.36. The Morgan fingerprint density at radius 3 is 2.41 bits per heavy atom. The van der Waals surface area contributed by atoms with Crippen molar-refractivity contribution in [1.29, 1.82) is 0 Å². The molecular weight excluding hydrogens is 414 g/mol. The van der Waals surface area contributed by atoms with Crippen LogP contribution in [0.5, 0.6) is 5.75 Å². The van der Waals surface area contributed by atoms with Crippen LogP contribution >= 0.6 is 0 Å². The Bertz CT molecular complexity index is 1330. The molecule has 0 saturated carbocycles. The van der Waals surface area contributed by atoms with Gasteiger partial charge in [0.05, 0.1) is 10.6 Å². The van der Waals surface area contributed by atoms with Gasteiger partial charge in [0.1, 0.15) is 17.0 Å². The molecule has 3 aromatic rings. The predicted molar refractivity (Wildman–Crippen MR) is 110 cm³/mol. The molecule has 0 amide bonds. The number of nitrogens with one attached hydrogen (secondary N) is 2. The predicted octanol–water partition coefficient (Wildman–Crippen LogP) is 3.00. The molecule has 4 rings (SSSR count). The second-order valence-corrected chi connectivity index (χ2v) is 9.53. The molecule has 10 heteroatoms. The number of benzene rings is 3. The zero-order valence-corrected chi connectivity index (χ0v) is 16.4. The summed E-state index contributed by atoms with van der Waals surface area (Å²) in [6.45, 7) is 0. The second-order valence-electron chi connectivity index (χ2n) is 6.25. The van der Waals surface area contributed by atoms with Crippen molar-refractivity contribution in [3.8, 4) is 16.9 Å². The minimum absolute atomic E-state index is 0.133. The van der Waals surface area contributed by atoms with Crippen molar-refractivity contribution in [1.82, 2.24) is 0 Å². The summed E-state index contributed by atoms with van der Waals surface area (Å²) < 4.78 is 55.3. The van der Waals surface area contributed by atoms with E-state index in [4.69, 9.17) is 0 Å². The third-order valence-corrected chi connectivity index (χ3v) is 6.92. The van der Waals surface area contributed by atoms with Crippen molar-refractivity contribution in [3.63, 3.8) is 0 Å².